The van der Waals surface area contributed by atoms with Crippen LogP contribution in [0.1, 0.15) is 35.2 Å². The van der Waals surface area contributed by atoms with E-state index in [1.54, 1.807) is 24.3 Å². The van der Waals surface area contributed by atoms with Gasteiger partial charge in [-0.05, 0) is 71.9 Å². The van der Waals surface area contributed by atoms with Crippen molar-refractivity contribution in [2.24, 2.45) is 0 Å². The fourth-order valence-electron chi connectivity index (χ4n) is 3.77. The summed E-state index contributed by atoms with van der Waals surface area (Å²) < 4.78 is 32.1. The summed E-state index contributed by atoms with van der Waals surface area (Å²) in [4.78, 5) is 4.64. The molecule has 0 aliphatic heterocycles. The molecule has 0 atom stereocenters. The molecule has 0 saturated carbocycles. The second-order valence-electron chi connectivity index (χ2n) is 6.89. The van der Waals surface area contributed by atoms with Crippen LogP contribution in [0.3, 0.4) is 0 Å². The largest absolute Gasteiger partial charge is 0.480 e. The molecule has 0 spiro atoms. The van der Waals surface area contributed by atoms with Gasteiger partial charge in [0.2, 0.25) is 5.88 Å². The maximum Gasteiger partial charge on any atom is 0.232 e. The van der Waals surface area contributed by atoms with Gasteiger partial charge in [-0.15, -0.1) is 0 Å². The Hall–Kier alpha value is -3.52. The highest BCUT2D eigenvalue weighted by Gasteiger charge is 2.26. The minimum atomic E-state index is -0.334. The topological polar surface area (TPSA) is 45.9 Å². The molecule has 0 fully saturated rings. The highest BCUT2D eigenvalue weighted by Crippen LogP contribution is 2.41. The summed E-state index contributed by atoms with van der Waals surface area (Å²) in [5, 5.41) is 9.78. The number of pyridine rings is 1. The lowest BCUT2D eigenvalue weighted by Gasteiger charge is -2.23. The van der Waals surface area contributed by atoms with Crippen molar-refractivity contribution in [3.05, 3.63) is 82.5 Å². The molecule has 0 amide bonds. The number of fused-ring (bicyclic) bond motifs is 1. The third-order valence-corrected chi connectivity index (χ3v) is 5.09. The van der Waals surface area contributed by atoms with E-state index in [4.69, 9.17) is 4.74 Å². The monoisotopic (exact) mass is 388 g/mol. The zero-order valence-corrected chi connectivity index (χ0v) is 15.9. The molecule has 0 radical (unpaired) electrons. The Morgan fingerprint density at radius 1 is 1.00 bits per heavy atom. The predicted molar refractivity (Wildman–Crippen MR) is 108 cm³/mol. The van der Waals surface area contributed by atoms with Gasteiger partial charge >= 0.3 is 0 Å². The van der Waals surface area contributed by atoms with E-state index < -0.39 is 0 Å². The van der Waals surface area contributed by atoms with Crippen LogP contribution in [-0.2, 0) is 6.42 Å². The van der Waals surface area contributed by atoms with Gasteiger partial charge in [-0.25, -0.2) is 13.8 Å². The van der Waals surface area contributed by atoms with Gasteiger partial charge in [0.1, 0.15) is 23.3 Å². The average Bonchev–Trinajstić information content (AvgIpc) is 2.75. The van der Waals surface area contributed by atoms with Crippen molar-refractivity contribution in [3.8, 4) is 23.1 Å². The van der Waals surface area contributed by atoms with Crippen LogP contribution < -0.4 is 4.74 Å². The van der Waals surface area contributed by atoms with Crippen molar-refractivity contribution in [2.45, 2.75) is 19.3 Å². The summed E-state index contributed by atoms with van der Waals surface area (Å²) in [5.74, 6) is -0.371. The van der Waals surface area contributed by atoms with Gasteiger partial charge in [0.05, 0.1) is 12.8 Å². The van der Waals surface area contributed by atoms with Crippen molar-refractivity contribution in [2.75, 3.05) is 7.11 Å². The minimum absolute atomic E-state index is 0.248. The Kier molecular flexibility index (Phi) is 5.09. The number of nitriles is 1. The molecule has 1 aliphatic rings. The number of hydrogen-bond acceptors (Lipinski definition) is 3. The second-order valence-corrected chi connectivity index (χ2v) is 6.89. The fraction of sp³-hybridized carbons (Fsp3) is 0.167. The van der Waals surface area contributed by atoms with Gasteiger partial charge < -0.3 is 4.74 Å². The Balaban J connectivity index is 1.95. The van der Waals surface area contributed by atoms with Crippen LogP contribution in [-0.4, -0.2) is 12.1 Å². The summed E-state index contributed by atoms with van der Waals surface area (Å²) in [6.45, 7) is 0. The zero-order chi connectivity index (χ0) is 20.4. The molecule has 0 bridgehead atoms. The highest BCUT2D eigenvalue weighted by molar-refractivity contribution is 5.87. The predicted octanol–water partition coefficient (Wildman–Crippen LogP) is 5.78. The summed E-state index contributed by atoms with van der Waals surface area (Å²) in [7, 11) is 1.48. The molecule has 0 saturated heterocycles. The number of hydrogen-bond donors (Lipinski definition) is 0. The molecule has 1 aliphatic carbocycles. The second kappa shape index (κ2) is 7.84. The van der Waals surface area contributed by atoms with Crippen LogP contribution in [0.15, 0.2) is 48.5 Å². The Labute approximate surface area is 167 Å². The number of halogens is 2. The molecule has 3 aromatic rings. The number of rotatable bonds is 3. The lowest BCUT2D eigenvalue weighted by molar-refractivity contribution is 0.395. The summed E-state index contributed by atoms with van der Waals surface area (Å²) in [6, 6.07) is 14.6. The van der Waals surface area contributed by atoms with Crippen molar-refractivity contribution < 1.29 is 13.5 Å². The van der Waals surface area contributed by atoms with Gasteiger partial charge in [-0.3, -0.25) is 0 Å². The van der Waals surface area contributed by atoms with Crippen LogP contribution >= 0.6 is 0 Å². The van der Waals surface area contributed by atoms with Crippen LogP contribution in [0.4, 0.5) is 8.78 Å². The third kappa shape index (κ3) is 3.62. The zero-order valence-electron chi connectivity index (χ0n) is 15.9. The summed E-state index contributed by atoms with van der Waals surface area (Å²) in [6.07, 6.45) is 4.46. The molecule has 0 N–H and O–H groups in total. The first-order valence-electron chi connectivity index (χ1n) is 9.34. The third-order valence-electron chi connectivity index (χ3n) is 5.09. The van der Waals surface area contributed by atoms with E-state index in [9.17, 15) is 14.0 Å². The number of aromatic nitrogens is 1. The van der Waals surface area contributed by atoms with Crippen LogP contribution in [0, 0.1) is 23.0 Å². The maximum absolute atomic E-state index is 13.5. The van der Waals surface area contributed by atoms with Gasteiger partial charge in [0, 0.05) is 5.56 Å². The van der Waals surface area contributed by atoms with Gasteiger partial charge in [-0.1, -0.05) is 24.3 Å². The van der Waals surface area contributed by atoms with Gasteiger partial charge in [-0.2, -0.15) is 5.26 Å². The van der Waals surface area contributed by atoms with Crippen LogP contribution in [0.2, 0.25) is 0 Å². The summed E-state index contributed by atoms with van der Waals surface area (Å²) in [5.41, 5.74) is 5.44. The number of benzene rings is 2. The number of ether oxygens (including phenoxy) is 1. The van der Waals surface area contributed by atoms with Crippen molar-refractivity contribution in [1.82, 2.24) is 4.98 Å². The first-order chi connectivity index (χ1) is 14.1. The lowest BCUT2D eigenvalue weighted by atomic mass is 9.84. The van der Waals surface area contributed by atoms with E-state index in [0.717, 1.165) is 52.8 Å². The molecule has 1 aromatic heterocycles. The highest BCUT2D eigenvalue weighted by atomic mass is 19.1. The van der Waals surface area contributed by atoms with Gasteiger partial charge in [0.25, 0.3) is 0 Å². The fourth-order valence-corrected chi connectivity index (χ4v) is 3.77. The molecule has 5 heteroatoms. The van der Waals surface area contributed by atoms with E-state index in [1.807, 2.05) is 6.08 Å². The Morgan fingerprint density at radius 3 is 2.28 bits per heavy atom. The molecular weight excluding hydrogens is 370 g/mol. The first-order valence-corrected chi connectivity index (χ1v) is 9.34. The molecule has 1 heterocycles. The molecule has 4 rings (SSSR count). The normalized spacial score (nSPS) is 14.3. The van der Waals surface area contributed by atoms with Crippen molar-refractivity contribution >= 4 is 11.6 Å². The quantitative estimate of drug-likeness (QED) is 0.571. The molecule has 3 nitrogen and oxygen atoms in total. The summed E-state index contributed by atoms with van der Waals surface area (Å²) >= 11 is 0. The SMILES string of the molecule is COc1nc2c(c(-c3ccc(F)cc3)c1C#N)CCC/C2=C\c1ccc(F)cc1. The first kappa shape index (κ1) is 18.8. The number of allylic oxidation sites excluding steroid dienone is 1. The van der Waals surface area contributed by atoms with Crippen molar-refractivity contribution in [3.63, 3.8) is 0 Å². The number of nitrogens with zero attached hydrogens (tertiary/aromatic N) is 2. The minimum Gasteiger partial charge on any atom is -0.480 e. The average molecular weight is 388 g/mol. The van der Waals surface area contributed by atoms with E-state index in [2.05, 4.69) is 11.1 Å². The van der Waals surface area contributed by atoms with E-state index in [0.29, 0.717) is 5.56 Å². The Morgan fingerprint density at radius 2 is 1.66 bits per heavy atom. The van der Waals surface area contributed by atoms with Crippen LogP contribution in [0.5, 0.6) is 5.88 Å². The molecule has 29 heavy (non-hydrogen) atoms. The van der Waals surface area contributed by atoms with E-state index >= 15 is 0 Å². The van der Waals surface area contributed by atoms with Crippen LogP contribution in [0.25, 0.3) is 22.8 Å². The van der Waals surface area contributed by atoms with E-state index in [1.165, 1.54) is 31.4 Å². The smallest absolute Gasteiger partial charge is 0.232 e. The standard InChI is InChI=1S/C24H18F2N2O/c1-29-24-21(14-27)22(16-7-11-19(26)12-8-16)20-4-2-3-17(23(20)28-24)13-15-5-9-18(25)10-6-15/h5-13H,2-4H2,1H3/b17-13+. The Bertz CT molecular complexity index is 1130. The lowest BCUT2D eigenvalue weighted by Crippen LogP contribution is -2.10. The van der Waals surface area contributed by atoms with Gasteiger partial charge in [0.15, 0.2) is 0 Å². The maximum atomic E-state index is 13.5. The molecule has 144 valence electrons. The number of methoxy groups -OCH3 is 1. The van der Waals surface area contributed by atoms with Crippen molar-refractivity contribution in [1.29, 1.82) is 5.26 Å². The molecular formula is C24H18F2N2O. The molecule has 2 aromatic carbocycles. The van der Waals surface area contributed by atoms with E-state index in [-0.39, 0.29) is 17.5 Å². The molecule has 0 unspecified atom stereocenters.